The molecule has 0 aliphatic rings. The molecule has 1 aromatic heterocycles. The van der Waals surface area contributed by atoms with E-state index in [1.807, 2.05) is 115 Å². The smallest absolute Gasteiger partial charge is 0.254 e. The van der Waals surface area contributed by atoms with E-state index < -0.39 is 0 Å². The Bertz CT molecular complexity index is 1290. The molecule has 0 aliphatic carbocycles. The van der Waals surface area contributed by atoms with Crippen LogP contribution >= 0.6 is 0 Å². The molecule has 4 aromatic rings. The van der Waals surface area contributed by atoms with Crippen molar-refractivity contribution in [1.29, 1.82) is 0 Å². The fraction of sp³-hybridized carbons (Fsp3) is 0.161. The monoisotopic (exact) mass is 477 g/mol. The van der Waals surface area contributed by atoms with Gasteiger partial charge in [0.15, 0.2) is 0 Å². The zero-order valence-electron chi connectivity index (χ0n) is 20.6. The van der Waals surface area contributed by atoms with Crippen LogP contribution in [0.1, 0.15) is 21.6 Å². The van der Waals surface area contributed by atoms with E-state index in [9.17, 15) is 9.59 Å². The molecule has 0 atom stereocenters. The highest BCUT2D eigenvalue weighted by molar-refractivity contribution is 5.97. The van der Waals surface area contributed by atoms with Gasteiger partial charge in [-0.1, -0.05) is 78.9 Å². The number of carbonyl (C=O) groups excluding carboxylic acids is 2. The van der Waals surface area contributed by atoms with Gasteiger partial charge in [-0.05, 0) is 41.0 Å². The molecular formula is C31H31N3O2. The predicted octanol–water partition coefficient (Wildman–Crippen LogP) is 5.55. The Balaban J connectivity index is 1.51. The van der Waals surface area contributed by atoms with Gasteiger partial charge in [-0.2, -0.15) is 0 Å². The van der Waals surface area contributed by atoms with E-state index in [2.05, 4.69) is 6.58 Å². The van der Waals surface area contributed by atoms with E-state index in [4.69, 9.17) is 0 Å². The molecule has 0 saturated carbocycles. The Kier molecular flexibility index (Phi) is 8.14. The summed E-state index contributed by atoms with van der Waals surface area (Å²) in [6, 6.07) is 31.4. The lowest BCUT2D eigenvalue weighted by Crippen LogP contribution is -2.42. The fourth-order valence-corrected chi connectivity index (χ4v) is 4.15. The Morgan fingerprint density at radius 2 is 1.42 bits per heavy atom. The first kappa shape index (κ1) is 24.7. The standard InChI is InChI=1S/C31H31N3O2/c1-3-20-33(31(36)28-18-16-27(17-19-28)26-13-8-5-9-14-26)24-30(35)34(22-25-11-6-4-7-12-25)23-29-15-10-21-32(29)2/h3-19,21H,1,20,22-24H2,2H3. The van der Waals surface area contributed by atoms with Crippen LogP contribution in [0.4, 0.5) is 0 Å². The molecule has 0 spiro atoms. The third-order valence-corrected chi connectivity index (χ3v) is 6.17. The second-order valence-electron chi connectivity index (χ2n) is 8.76. The van der Waals surface area contributed by atoms with E-state index >= 15 is 0 Å². The summed E-state index contributed by atoms with van der Waals surface area (Å²) in [5.41, 5.74) is 4.74. The Morgan fingerprint density at radius 3 is 2.03 bits per heavy atom. The lowest BCUT2D eigenvalue weighted by Gasteiger charge is -2.27. The Hall–Kier alpha value is -4.38. The van der Waals surface area contributed by atoms with Crippen molar-refractivity contribution in [1.82, 2.24) is 14.4 Å². The van der Waals surface area contributed by atoms with E-state index in [1.165, 1.54) is 0 Å². The van der Waals surface area contributed by atoms with Gasteiger partial charge in [0, 0.05) is 37.6 Å². The zero-order chi connectivity index (χ0) is 25.3. The molecule has 0 fully saturated rings. The second-order valence-corrected chi connectivity index (χ2v) is 8.76. The van der Waals surface area contributed by atoms with Crippen LogP contribution in [0.25, 0.3) is 11.1 Å². The van der Waals surface area contributed by atoms with Gasteiger partial charge >= 0.3 is 0 Å². The van der Waals surface area contributed by atoms with Crippen LogP contribution in [-0.2, 0) is 24.9 Å². The normalized spacial score (nSPS) is 10.6. The average molecular weight is 478 g/mol. The summed E-state index contributed by atoms with van der Waals surface area (Å²) >= 11 is 0. The summed E-state index contributed by atoms with van der Waals surface area (Å²) in [5.74, 6) is -0.308. The maximum atomic E-state index is 13.5. The number of amides is 2. The lowest BCUT2D eigenvalue weighted by atomic mass is 10.0. The fourth-order valence-electron chi connectivity index (χ4n) is 4.15. The number of hydrogen-bond donors (Lipinski definition) is 0. The number of rotatable bonds is 10. The third-order valence-electron chi connectivity index (χ3n) is 6.17. The summed E-state index contributed by atoms with van der Waals surface area (Å²) in [5, 5.41) is 0. The number of benzene rings is 3. The van der Waals surface area contributed by atoms with Crippen LogP contribution in [0.3, 0.4) is 0 Å². The molecule has 0 radical (unpaired) electrons. The zero-order valence-corrected chi connectivity index (χ0v) is 20.6. The minimum Gasteiger partial charge on any atom is -0.353 e. The van der Waals surface area contributed by atoms with Gasteiger partial charge in [-0.3, -0.25) is 9.59 Å². The molecular weight excluding hydrogens is 446 g/mol. The molecule has 0 saturated heterocycles. The number of aryl methyl sites for hydroxylation is 1. The van der Waals surface area contributed by atoms with Gasteiger partial charge in [-0.15, -0.1) is 6.58 Å². The summed E-state index contributed by atoms with van der Waals surface area (Å²) in [6.45, 7) is 4.98. The van der Waals surface area contributed by atoms with Gasteiger partial charge in [0.05, 0.1) is 6.54 Å². The molecule has 0 unspecified atom stereocenters. The molecule has 1 heterocycles. The van der Waals surface area contributed by atoms with Crippen molar-refractivity contribution in [2.45, 2.75) is 13.1 Å². The molecule has 5 nitrogen and oxygen atoms in total. The van der Waals surface area contributed by atoms with Gasteiger partial charge in [0.2, 0.25) is 5.91 Å². The molecule has 2 amide bonds. The predicted molar refractivity (Wildman–Crippen MR) is 144 cm³/mol. The Morgan fingerprint density at radius 1 is 0.778 bits per heavy atom. The van der Waals surface area contributed by atoms with Crippen LogP contribution in [0, 0.1) is 0 Å². The van der Waals surface area contributed by atoms with E-state index in [0.717, 1.165) is 22.4 Å². The average Bonchev–Trinajstić information content (AvgIpc) is 3.33. The van der Waals surface area contributed by atoms with Gasteiger partial charge < -0.3 is 14.4 Å². The SMILES string of the molecule is C=CCN(CC(=O)N(Cc1ccccc1)Cc1cccn1C)C(=O)c1ccc(-c2ccccc2)cc1. The maximum absolute atomic E-state index is 13.5. The molecule has 182 valence electrons. The molecule has 4 rings (SSSR count). The van der Waals surface area contributed by atoms with Crippen molar-refractivity contribution < 1.29 is 9.59 Å². The summed E-state index contributed by atoms with van der Waals surface area (Å²) in [7, 11) is 1.97. The molecule has 36 heavy (non-hydrogen) atoms. The number of nitrogens with zero attached hydrogens (tertiary/aromatic N) is 3. The first-order chi connectivity index (χ1) is 17.5. The third kappa shape index (κ3) is 6.19. The second kappa shape index (κ2) is 11.8. The van der Waals surface area contributed by atoms with Crippen molar-refractivity contribution in [3.63, 3.8) is 0 Å². The van der Waals surface area contributed by atoms with Crippen molar-refractivity contribution in [3.05, 3.63) is 133 Å². The molecule has 0 bridgehead atoms. The minimum atomic E-state index is -0.193. The highest BCUT2D eigenvalue weighted by atomic mass is 16.2. The van der Waals surface area contributed by atoms with Crippen LogP contribution in [-0.4, -0.2) is 39.3 Å². The molecule has 5 heteroatoms. The van der Waals surface area contributed by atoms with Crippen molar-refractivity contribution in [2.75, 3.05) is 13.1 Å². The number of hydrogen-bond acceptors (Lipinski definition) is 2. The first-order valence-electron chi connectivity index (χ1n) is 12.0. The van der Waals surface area contributed by atoms with Gasteiger partial charge in [-0.25, -0.2) is 0 Å². The van der Waals surface area contributed by atoms with Crippen molar-refractivity contribution in [2.24, 2.45) is 7.05 Å². The highest BCUT2D eigenvalue weighted by Gasteiger charge is 2.22. The molecule has 3 aromatic carbocycles. The quantitative estimate of drug-likeness (QED) is 0.281. The number of carbonyl (C=O) groups is 2. The van der Waals surface area contributed by atoms with Crippen LogP contribution in [0.5, 0.6) is 0 Å². The Labute approximate surface area is 212 Å². The summed E-state index contributed by atoms with van der Waals surface area (Å²) in [6.07, 6.45) is 3.62. The van der Waals surface area contributed by atoms with E-state index in [1.54, 1.807) is 15.9 Å². The topological polar surface area (TPSA) is 45.6 Å². The summed E-state index contributed by atoms with van der Waals surface area (Å²) < 4.78 is 2.01. The van der Waals surface area contributed by atoms with E-state index in [-0.39, 0.29) is 24.9 Å². The summed E-state index contributed by atoms with van der Waals surface area (Å²) in [4.78, 5) is 30.3. The van der Waals surface area contributed by atoms with Gasteiger partial charge in [0.1, 0.15) is 6.54 Å². The van der Waals surface area contributed by atoms with Gasteiger partial charge in [0.25, 0.3) is 5.91 Å². The minimum absolute atomic E-state index is 0.0253. The van der Waals surface area contributed by atoms with E-state index in [0.29, 0.717) is 18.7 Å². The molecule has 0 N–H and O–H groups in total. The lowest BCUT2D eigenvalue weighted by molar-refractivity contribution is -0.133. The largest absolute Gasteiger partial charge is 0.353 e. The van der Waals surface area contributed by atoms with Crippen molar-refractivity contribution >= 4 is 11.8 Å². The first-order valence-corrected chi connectivity index (χ1v) is 12.0. The van der Waals surface area contributed by atoms with Crippen LogP contribution in [0.2, 0.25) is 0 Å². The van der Waals surface area contributed by atoms with Crippen LogP contribution in [0.15, 0.2) is 116 Å². The van der Waals surface area contributed by atoms with Crippen LogP contribution < -0.4 is 0 Å². The number of aromatic nitrogens is 1. The van der Waals surface area contributed by atoms with Crippen molar-refractivity contribution in [3.8, 4) is 11.1 Å². The highest BCUT2D eigenvalue weighted by Crippen LogP contribution is 2.20. The maximum Gasteiger partial charge on any atom is 0.254 e. The molecule has 0 aliphatic heterocycles.